The Hall–Kier alpha value is -3.47. The number of amides is 1. The monoisotopic (exact) mass is 481 g/mol. The van der Waals surface area contributed by atoms with Crippen molar-refractivity contribution in [1.82, 2.24) is 34.4 Å². The van der Waals surface area contributed by atoms with Gasteiger partial charge in [-0.3, -0.25) is 4.79 Å². The molecule has 1 fully saturated rings. The van der Waals surface area contributed by atoms with Crippen molar-refractivity contribution in [2.24, 2.45) is 0 Å². The second-order valence-electron chi connectivity index (χ2n) is 9.23. The first-order chi connectivity index (χ1) is 16.9. The molecule has 0 aromatic carbocycles. The maximum atomic E-state index is 12.3. The van der Waals surface area contributed by atoms with E-state index in [1.54, 1.807) is 10.7 Å². The molecule has 1 aliphatic rings. The summed E-state index contributed by atoms with van der Waals surface area (Å²) in [5, 5.41) is 4.49. The Morgan fingerprint density at radius 2 is 1.94 bits per heavy atom. The molecule has 0 atom stereocenters. The second-order valence-corrected chi connectivity index (χ2v) is 9.23. The molecule has 0 aliphatic carbocycles. The Balaban J connectivity index is 1.44. The average Bonchev–Trinajstić information content (AvgIpc) is 3.22. The van der Waals surface area contributed by atoms with E-state index in [0.29, 0.717) is 44.1 Å². The number of aryl methyl sites for hydroxylation is 1. The minimum atomic E-state index is 0.172. The van der Waals surface area contributed by atoms with Gasteiger partial charge in [-0.2, -0.15) is 4.98 Å². The number of nitrogen functional groups attached to an aromatic ring is 1. The number of aromatic nitrogens is 5. The van der Waals surface area contributed by atoms with E-state index in [4.69, 9.17) is 15.5 Å². The fourth-order valence-corrected chi connectivity index (χ4v) is 4.22. The molecule has 0 bridgehead atoms. The smallest absolute Gasteiger partial charge is 0.336 e. The molecular weight excluding hydrogens is 446 g/mol. The van der Waals surface area contributed by atoms with E-state index >= 15 is 0 Å². The molecule has 11 nitrogen and oxygen atoms in total. The Morgan fingerprint density at radius 1 is 1.17 bits per heavy atom. The van der Waals surface area contributed by atoms with Crippen LogP contribution in [0.1, 0.15) is 36.6 Å². The molecule has 3 aromatic heterocycles. The Kier molecular flexibility index (Phi) is 7.64. The van der Waals surface area contributed by atoms with Gasteiger partial charge in [0.05, 0.1) is 25.0 Å². The van der Waals surface area contributed by atoms with Crippen LogP contribution in [0.5, 0.6) is 6.01 Å². The van der Waals surface area contributed by atoms with E-state index in [9.17, 15) is 4.79 Å². The molecule has 0 spiro atoms. The van der Waals surface area contributed by atoms with Crippen LogP contribution in [0.3, 0.4) is 0 Å². The number of unbranched alkanes of at least 4 members (excludes halogenated alkanes) is 1. The summed E-state index contributed by atoms with van der Waals surface area (Å²) in [5.41, 5.74) is 9.65. The summed E-state index contributed by atoms with van der Waals surface area (Å²) < 4.78 is 7.36. The highest BCUT2D eigenvalue weighted by atomic mass is 16.5. The maximum Gasteiger partial charge on any atom is 0.336 e. The molecule has 35 heavy (non-hydrogen) atoms. The minimum absolute atomic E-state index is 0.172. The summed E-state index contributed by atoms with van der Waals surface area (Å²) in [4.78, 5) is 31.8. The van der Waals surface area contributed by atoms with Crippen molar-refractivity contribution in [3.8, 4) is 6.01 Å². The van der Waals surface area contributed by atoms with Crippen molar-refractivity contribution in [2.75, 3.05) is 64.1 Å². The highest BCUT2D eigenvalue weighted by Crippen LogP contribution is 2.22. The number of likely N-dealkylation sites (N-methyl/N-ethyl adjacent to an activating group) is 1. The number of imidazole rings is 1. The van der Waals surface area contributed by atoms with Crippen LogP contribution in [0.25, 0.3) is 5.65 Å². The highest BCUT2D eigenvalue weighted by Gasteiger charge is 2.23. The quantitative estimate of drug-likeness (QED) is 0.452. The zero-order valence-electron chi connectivity index (χ0n) is 21.1. The number of rotatable bonds is 9. The normalized spacial score (nSPS) is 14.2. The van der Waals surface area contributed by atoms with Crippen LogP contribution >= 0.6 is 0 Å². The van der Waals surface area contributed by atoms with Gasteiger partial charge in [-0.1, -0.05) is 19.4 Å². The number of nitrogens with zero attached hydrogens (tertiary/aromatic N) is 8. The van der Waals surface area contributed by atoms with Crippen molar-refractivity contribution in [1.29, 1.82) is 0 Å². The van der Waals surface area contributed by atoms with Crippen LogP contribution in [-0.2, 0) is 11.2 Å². The molecule has 0 radical (unpaired) electrons. The van der Waals surface area contributed by atoms with Crippen LogP contribution in [0.4, 0.5) is 11.6 Å². The van der Waals surface area contributed by atoms with E-state index < -0.39 is 0 Å². The first-order valence-electron chi connectivity index (χ1n) is 12.1. The van der Waals surface area contributed by atoms with Gasteiger partial charge < -0.3 is 25.2 Å². The molecule has 2 N–H and O–H groups in total. The number of hydrogen-bond acceptors (Lipinski definition) is 9. The molecule has 1 amide bonds. The number of piperazine rings is 1. The number of hydrogen-bond donors (Lipinski definition) is 1. The van der Waals surface area contributed by atoms with Crippen LogP contribution < -0.4 is 15.4 Å². The molecule has 11 heteroatoms. The molecule has 4 rings (SSSR count). The summed E-state index contributed by atoms with van der Waals surface area (Å²) in [6.45, 7) is 8.13. The van der Waals surface area contributed by atoms with Gasteiger partial charge in [-0.15, -0.1) is 5.10 Å². The fourth-order valence-electron chi connectivity index (χ4n) is 4.22. The third-order valence-corrected chi connectivity index (χ3v) is 6.04. The van der Waals surface area contributed by atoms with E-state index in [-0.39, 0.29) is 11.9 Å². The number of anilines is 2. The lowest BCUT2D eigenvalue weighted by atomic mass is 10.1. The molecule has 0 unspecified atom stereocenters. The second kappa shape index (κ2) is 10.9. The lowest BCUT2D eigenvalue weighted by molar-refractivity contribution is -0.132. The predicted molar refractivity (Wildman–Crippen MR) is 135 cm³/mol. The van der Waals surface area contributed by atoms with Crippen molar-refractivity contribution in [2.45, 2.75) is 33.1 Å². The lowest BCUT2D eigenvalue weighted by Crippen LogP contribution is -2.51. The number of carbonyl (C=O) groups excluding carboxylic acids is 1. The molecule has 188 valence electrons. The molecular formula is C24H35N9O2. The van der Waals surface area contributed by atoms with Gasteiger partial charge in [-0.25, -0.2) is 14.5 Å². The van der Waals surface area contributed by atoms with Crippen LogP contribution in [0, 0.1) is 6.92 Å². The first kappa shape index (κ1) is 24.6. The standard InChI is InChI=1S/C24H35N9O2/c1-5-6-11-35-24-28-21(25)23-27-15-19(33(23)29-24)13-18-12-17(2)22(26-14-18)32-9-7-31(8-10-32)20(34)16-30(3)4/h12,14-15H,5-11,13,16H2,1-4H3,(H2,25,28,29). The molecule has 3 aromatic rings. The summed E-state index contributed by atoms with van der Waals surface area (Å²) in [6, 6.07) is 2.41. The topological polar surface area (TPSA) is 118 Å². The van der Waals surface area contributed by atoms with Gasteiger partial charge >= 0.3 is 6.01 Å². The van der Waals surface area contributed by atoms with E-state index in [2.05, 4.69) is 39.9 Å². The highest BCUT2D eigenvalue weighted by molar-refractivity contribution is 5.78. The zero-order valence-corrected chi connectivity index (χ0v) is 21.1. The molecule has 1 aliphatic heterocycles. The van der Waals surface area contributed by atoms with Crippen LogP contribution in [0.15, 0.2) is 18.5 Å². The molecule has 0 saturated carbocycles. The summed E-state index contributed by atoms with van der Waals surface area (Å²) in [6.07, 6.45) is 6.22. The van der Waals surface area contributed by atoms with Crippen LogP contribution in [0.2, 0.25) is 0 Å². The van der Waals surface area contributed by atoms with Gasteiger partial charge in [0.1, 0.15) is 5.82 Å². The van der Waals surface area contributed by atoms with Gasteiger partial charge in [-0.05, 0) is 38.6 Å². The average molecular weight is 482 g/mol. The molecule has 1 saturated heterocycles. The Labute approximate surface area is 205 Å². The lowest BCUT2D eigenvalue weighted by Gasteiger charge is -2.36. The van der Waals surface area contributed by atoms with E-state index in [1.807, 2.05) is 30.1 Å². The zero-order chi connectivity index (χ0) is 24.9. The summed E-state index contributed by atoms with van der Waals surface area (Å²) in [7, 11) is 3.83. The van der Waals surface area contributed by atoms with Crippen molar-refractivity contribution >= 4 is 23.2 Å². The van der Waals surface area contributed by atoms with Crippen molar-refractivity contribution < 1.29 is 9.53 Å². The first-order valence-corrected chi connectivity index (χ1v) is 12.1. The van der Waals surface area contributed by atoms with Crippen molar-refractivity contribution in [3.05, 3.63) is 35.3 Å². The van der Waals surface area contributed by atoms with Crippen molar-refractivity contribution in [3.63, 3.8) is 0 Å². The number of carbonyl (C=O) groups is 1. The Bertz CT molecular complexity index is 1170. The Morgan fingerprint density at radius 3 is 2.63 bits per heavy atom. The number of fused-ring (bicyclic) bond motifs is 1. The van der Waals surface area contributed by atoms with E-state index in [1.165, 1.54) is 0 Å². The number of pyridine rings is 1. The maximum absolute atomic E-state index is 12.3. The summed E-state index contributed by atoms with van der Waals surface area (Å²) in [5.74, 6) is 1.43. The third-order valence-electron chi connectivity index (χ3n) is 6.04. The number of nitrogens with two attached hydrogens (primary N) is 1. The third kappa shape index (κ3) is 5.79. The largest absolute Gasteiger partial charge is 0.462 e. The van der Waals surface area contributed by atoms with Gasteiger partial charge in [0.2, 0.25) is 5.91 Å². The predicted octanol–water partition coefficient (Wildman–Crippen LogP) is 1.39. The summed E-state index contributed by atoms with van der Waals surface area (Å²) >= 11 is 0. The minimum Gasteiger partial charge on any atom is -0.462 e. The molecule has 4 heterocycles. The van der Waals surface area contributed by atoms with Crippen LogP contribution in [-0.4, -0.2) is 93.7 Å². The van der Waals surface area contributed by atoms with E-state index in [0.717, 1.165) is 48.6 Å². The fraction of sp³-hybridized carbons (Fsp3) is 0.542. The SMILES string of the molecule is CCCCOc1nc(N)c2ncc(Cc3cnc(N4CCN(C(=O)CN(C)C)CC4)c(C)c3)n2n1. The van der Waals surface area contributed by atoms with Gasteiger partial charge in [0.15, 0.2) is 11.5 Å². The number of ether oxygens (including phenoxy) is 1. The van der Waals surface area contributed by atoms with Gasteiger partial charge in [0, 0.05) is 38.8 Å². The van der Waals surface area contributed by atoms with Gasteiger partial charge in [0.25, 0.3) is 0 Å².